The molecule has 0 aromatic heterocycles. The highest BCUT2D eigenvalue weighted by atomic mass is 19.4. The minimum atomic E-state index is -4.74. The second-order valence-corrected chi connectivity index (χ2v) is 5.82. The molecule has 1 saturated heterocycles. The van der Waals surface area contributed by atoms with Crippen molar-refractivity contribution in [3.63, 3.8) is 0 Å². The van der Waals surface area contributed by atoms with Crippen LogP contribution in [0.5, 0.6) is 0 Å². The SMILES string of the molecule is O=C(N1CCC2(CC1)C[C@H]2c1ccccc1)C(F)(F)F. The van der Waals surface area contributed by atoms with Gasteiger partial charge in [0.2, 0.25) is 0 Å². The highest BCUT2D eigenvalue weighted by molar-refractivity contribution is 5.82. The third kappa shape index (κ3) is 2.30. The van der Waals surface area contributed by atoms with Crippen molar-refractivity contribution < 1.29 is 18.0 Å². The van der Waals surface area contributed by atoms with Crippen LogP contribution < -0.4 is 0 Å². The Bertz CT molecular complexity index is 504. The number of benzene rings is 1. The van der Waals surface area contributed by atoms with Gasteiger partial charge in [-0.25, -0.2) is 0 Å². The van der Waals surface area contributed by atoms with Gasteiger partial charge in [0, 0.05) is 13.1 Å². The molecule has 1 aromatic carbocycles. The third-order valence-electron chi connectivity index (χ3n) is 4.68. The first-order valence-electron chi connectivity index (χ1n) is 6.83. The summed E-state index contributed by atoms with van der Waals surface area (Å²) in [6, 6.07) is 10.1. The summed E-state index contributed by atoms with van der Waals surface area (Å²) in [4.78, 5) is 12.2. The topological polar surface area (TPSA) is 20.3 Å². The Hall–Kier alpha value is -1.52. The lowest BCUT2D eigenvalue weighted by molar-refractivity contribution is -0.186. The van der Waals surface area contributed by atoms with E-state index in [0.717, 1.165) is 11.3 Å². The lowest BCUT2D eigenvalue weighted by Crippen LogP contribution is -2.45. The van der Waals surface area contributed by atoms with Gasteiger partial charge in [0.1, 0.15) is 0 Å². The molecule has 108 valence electrons. The fourth-order valence-corrected chi connectivity index (χ4v) is 3.39. The molecule has 1 saturated carbocycles. The predicted octanol–water partition coefficient (Wildman–Crippen LogP) is 3.35. The molecule has 2 nitrogen and oxygen atoms in total. The number of amides is 1. The number of hydrogen-bond acceptors (Lipinski definition) is 1. The molecular weight excluding hydrogens is 267 g/mol. The van der Waals surface area contributed by atoms with Crippen LogP contribution >= 0.6 is 0 Å². The Labute approximate surface area is 115 Å². The number of nitrogens with zero attached hydrogens (tertiary/aromatic N) is 1. The summed E-state index contributed by atoms with van der Waals surface area (Å²) in [6.07, 6.45) is -2.36. The maximum absolute atomic E-state index is 12.4. The van der Waals surface area contributed by atoms with Gasteiger partial charge in [0.05, 0.1) is 0 Å². The number of piperidine rings is 1. The van der Waals surface area contributed by atoms with Crippen LogP contribution in [0, 0.1) is 5.41 Å². The second-order valence-electron chi connectivity index (χ2n) is 5.82. The third-order valence-corrected chi connectivity index (χ3v) is 4.68. The molecule has 3 rings (SSSR count). The van der Waals surface area contributed by atoms with Crippen LogP contribution in [-0.2, 0) is 4.79 Å². The first-order chi connectivity index (χ1) is 9.42. The number of carbonyl (C=O) groups is 1. The van der Waals surface area contributed by atoms with Crippen LogP contribution in [0.15, 0.2) is 30.3 Å². The van der Waals surface area contributed by atoms with Gasteiger partial charge in [-0.2, -0.15) is 13.2 Å². The molecule has 0 N–H and O–H groups in total. The van der Waals surface area contributed by atoms with Gasteiger partial charge in [-0.1, -0.05) is 30.3 Å². The van der Waals surface area contributed by atoms with E-state index < -0.39 is 12.1 Å². The number of rotatable bonds is 1. The summed E-state index contributed by atoms with van der Waals surface area (Å²) in [5, 5.41) is 0. The molecular formula is C15H16F3NO. The van der Waals surface area contributed by atoms with Crippen LogP contribution in [0.1, 0.15) is 30.7 Å². The van der Waals surface area contributed by atoms with E-state index in [-0.39, 0.29) is 18.5 Å². The number of likely N-dealkylation sites (tertiary alicyclic amines) is 1. The maximum Gasteiger partial charge on any atom is 0.471 e. The Balaban J connectivity index is 1.62. The Kier molecular flexibility index (Phi) is 3.03. The summed E-state index contributed by atoms with van der Waals surface area (Å²) in [7, 11) is 0. The van der Waals surface area contributed by atoms with Crippen molar-refractivity contribution in [3.05, 3.63) is 35.9 Å². The van der Waals surface area contributed by atoms with Crippen molar-refractivity contribution in [2.45, 2.75) is 31.4 Å². The van der Waals surface area contributed by atoms with Gasteiger partial charge >= 0.3 is 12.1 Å². The molecule has 1 aliphatic heterocycles. The van der Waals surface area contributed by atoms with Gasteiger partial charge in [-0.15, -0.1) is 0 Å². The van der Waals surface area contributed by atoms with Crippen LogP contribution in [-0.4, -0.2) is 30.1 Å². The fraction of sp³-hybridized carbons (Fsp3) is 0.533. The summed E-state index contributed by atoms with van der Waals surface area (Å²) in [6.45, 7) is 0.448. The van der Waals surface area contributed by atoms with E-state index in [1.165, 1.54) is 5.56 Å². The van der Waals surface area contributed by atoms with Gasteiger partial charge in [0.15, 0.2) is 0 Å². The summed E-state index contributed by atoms with van der Waals surface area (Å²) in [5.74, 6) is -1.24. The van der Waals surface area contributed by atoms with E-state index >= 15 is 0 Å². The Morgan fingerprint density at radius 1 is 1.15 bits per heavy atom. The molecule has 0 bridgehead atoms. The van der Waals surface area contributed by atoms with Crippen molar-refractivity contribution in [2.75, 3.05) is 13.1 Å². The lowest BCUT2D eigenvalue weighted by atomic mass is 9.88. The Morgan fingerprint density at radius 2 is 1.75 bits per heavy atom. The smallest absolute Gasteiger partial charge is 0.335 e. The number of hydrogen-bond donors (Lipinski definition) is 0. The minimum absolute atomic E-state index is 0.129. The van der Waals surface area contributed by atoms with Crippen molar-refractivity contribution in [2.24, 2.45) is 5.41 Å². The van der Waals surface area contributed by atoms with E-state index in [0.29, 0.717) is 18.8 Å². The average molecular weight is 283 g/mol. The van der Waals surface area contributed by atoms with E-state index in [9.17, 15) is 18.0 Å². The normalized spacial score (nSPS) is 24.8. The van der Waals surface area contributed by atoms with E-state index in [1.54, 1.807) is 0 Å². The van der Waals surface area contributed by atoms with Crippen molar-refractivity contribution in [3.8, 4) is 0 Å². The number of halogens is 3. The lowest BCUT2D eigenvalue weighted by Gasteiger charge is -2.33. The minimum Gasteiger partial charge on any atom is -0.335 e. The highest BCUT2D eigenvalue weighted by Gasteiger charge is 2.56. The van der Waals surface area contributed by atoms with Gasteiger partial charge in [0.25, 0.3) is 0 Å². The van der Waals surface area contributed by atoms with Crippen LogP contribution in [0.25, 0.3) is 0 Å². The number of alkyl halides is 3. The zero-order valence-corrected chi connectivity index (χ0v) is 11.0. The molecule has 1 amide bonds. The molecule has 1 spiro atoms. The predicted molar refractivity (Wildman–Crippen MR) is 68.1 cm³/mol. The van der Waals surface area contributed by atoms with Crippen LogP contribution in [0.3, 0.4) is 0 Å². The standard InChI is InChI=1S/C15H16F3NO/c16-15(17,18)13(20)19-8-6-14(7-9-19)10-12(14)11-4-2-1-3-5-11/h1-5,12H,6-10H2/t12-/m0/s1. The number of carbonyl (C=O) groups excluding carboxylic acids is 1. The molecule has 2 aliphatic rings. The molecule has 1 heterocycles. The Morgan fingerprint density at radius 3 is 2.30 bits per heavy atom. The molecule has 1 aliphatic carbocycles. The maximum atomic E-state index is 12.4. The van der Waals surface area contributed by atoms with Crippen LogP contribution in [0.2, 0.25) is 0 Å². The average Bonchev–Trinajstić information content (AvgIpc) is 3.13. The molecule has 0 unspecified atom stereocenters. The second kappa shape index (κ2) is 4.50. The molecule has 5 heteroatoms. The van der Waals surface area contributed by atoms with Gasteiger partial charge < -0.3 is 4.90 Å². The molecule has 1 atom stereocenters. The molecule has 2 fully saturated rings. The van der Waals surface area contributed by atoms with Crippen molar-refractivity contribution >= 4 is 5.91 Å². The monoisotopic (exact) mass is 283 g/mol. The van der Waals surface area contributed by atoms with E-state index in [4.69, 9.17) is 0 Å². The van der Waals surface area contributed by atoms with Gasteiger partial charge in [-0.05, 0) is 36.2 Å². The largest absolute Gasteiger partial charge is 0.471 e. The highest BCUT2D eigenvalue weighted by Crippen LogP contribution is 2.64. The van der Waals surface area contributed by atoms with Crippen molar-refractivity contribution in [1.82, 2.24) is 4.90 Å². The zero-order chi connectivity index (χ0) is 14.4. The summed E-state index contributed by atoms with van der Waals surface area (Å²) >= 11 is 0. The van der Waals surface area contributed by atoms with E-state index in [2.05, 4.69) is 12.1 Å². The summed E-state index contributed by atoms with van der Waals surface area (Å²) < 4.78 is 37.2. The first-order valence-corrected chi connectivity index (χ1v) is 6.83. The zero-order valence-electron chi connectivity index (χ0n) is 11.0. The van der Waals surface area contributed by atoms with Gasteiger partial charge in [-0.3, -0.25) is 4.79 Å². The molecule has 1 aromatic rings. The quantitative estimate of drug-likeness (QED) is 0.774. The fourth-order valence-electron chi connectivity index (χ4n) is 3.39. The summed E-state index contributed by atoms with van der Waals surface area (Å²) in [5.41, 5.74) is 1.40. The molecule has 20 heavy (non-hydrogen) atoms. The van der Waals surface area contributed by atoms with Crippen molar-refractivity contribution in [1.29, 1.82) is 0 Å². The first kappa shape index (κ1) is 13.5. The molecule has 0 radical (unpaired) electrons. The van der Waals surface area contributed by atoms with Crippen LogP contribution in [0.4, 0.5) is 13.2 Å². The van der Waals surface area contributed by atoms with E-state index in [1.807, 2.05) is 18.2 Å².